The van der Waals surface area contributed by atoms with Gasteiger partial charge in [-0.25, -0.2) is 0 Å². The molecule has 2 aromatic rings. The average Bonchev–Trinajstić information content (AvgIpc) is 3.37. The third-order valence-corrected chi connectivity index (χ3v) is 8.76. The van der Waals surface area contributed by atoms with E-state index in [4.69, 9.17) is 0 Å². The van der Waals surface area contributed by atoms with Gasteiger partial charge in [-0.1, -0.05) is 44.7 Å². The first kappa shape index (κ1) is 33.2. The van der Waals surface area contributed by atoms with Crippen molar-refractivity contribution in [1.82, 2.24) is 30.2 Å². The van der Waals surface area contributed by atoms with Gasteiger partial charge in [-0.05, 0) is 63.4 Å². The van der Waals surface area contributed by atoms with Crippen LogP contribution in [0.25, 0.3) is 0 Å². The Morgan fingerprint density at radius 2 is 1.57 bits per heavy atom. The highest BCUT2D eigenvalue weighted by Gasteiger charge is 2.32. The van der Waals surface area contributed by atoms with Crippen molar-refractivity contribution in [3.05, 3.63) is 47.8 Å². The van der Waals surface area contributed by atoms with Gasteiger partial charge in [0.05, 0.1) is 0 Å². The topological polar surface area (TPSA) is 129 Å². The minimum Gasteiger partial charge on any atom is -0.344 e. The van der Waals surface area contributed by atoms with E-state index in [0.29, 0.717) is 37.3 Å². The lowest BCUT2D eigenvalue weighted by Gasteiger charge is -2.34. The van der Waals surface area contributed by atoms with Crippen LogP contribution < -0.4 is 16.0 Å². The van der Waals surface area contributed by atoms with Crippen LogP contribution in [0, 0.1) is 5.92 Å². The predicted octanol–water partition coefficient (Wildman–Crippen LogP) is 3.38. The molecule has 0 bridgehead atoms. The molecule has 0 radical (unpaired) electrons. The first-order valence-electron chi connectivity index (χ1n) is 16.2. The van der Waals surface area contributed by atoms with Gasteiger partial charge in [-0.3, -0.25) is 23.9 Å². The van der Waals surface area contributed by atoms with Gasteiger partial charge in [0.1, 0.15) is 17.8 Å². The minimum atomic E-state index is -0.675. The smallest absolute Gasteiger partial charge is 0.270 e. The zero-order valence-corrected chi connectivity index (χ0v) is 26.7. The molecule has 1 unspecified atom stereocenters. The third-order valence-electron chi connectivity index (χ3n) is 8.76. The number of carbonyl (C=O) groups excluding carboxylic acids is 4. The zero-order valence-electron chi connectivity index (χ0n) is 26.7. The number of rotatable bonds is 11. The maximum atomic E-state index is 13.7. The van der Waals surface area contributed by atoms with Crippen molar-refractivity contribution >= 4 is 29.3 Å². The molecule has 44 heavy (non-hydrogen) atoms. The highest BCUT2D eigenvalue weighted by molar-refractivity contribution is 6.00. The highest BCUT2D eigenvalue weighted by atomic mass is 16.2. The van der Waals surface area contributed by atoms with E-state index >= 15 is 0 Å². The van der Waals surface area contributed by atoms with E-state index in [2.05, 4.69) is 25.9 Å². The standard InChI is InChI=1S/C33H49N7O4/c1-5-29(41)36-27(33(44)39-20-18-38(4)19-21-39)22-24-12-14-26(15-13-24)35-32(43)30(25-10-8-6-7-9-11-25)37-31(42)28-16-17-34-40(28)23(2)3/h12-17,23,25,27,30H,5-11,18-22H2,1-4H3,(H,35,43)(H,36,41)(H,37,42)/t27?,30-/m0/s1. The molecule has 2 aliphatic rings. The summed E-state index contributed by atoms with van der Waals surface area (Å²) in [4.78, 5) is 56.7. The molecule has 11 nitrogen and oxygen atoms in total. The molecular weight excluding hydrogens is 558 g/mol. The number of hydrogen-bond acceptors (Lipinski definition) is 6. The van der Waals surface area contributed by atoms with Crippen molar-refractivity contribution in [2.24, 2.45) is 5.92 Å². The Bertz CT molecular complexity index is 1260. The quantitative estimate of drug-likeness (QED) is 0.336. The van der Waals surface area contributed by atoms with Crippen LogP contribution in [0.4, 0.5) is 5.69 Å². The summed E-state index contributed by atoms with van der Waals surface area (Å²) in [6.07, 6.45) is 8.37. The fourth-order valence-corrected chi connectivity index (χ4v) is 6.09. The number of nitrogens with zero attached hydrogens (tertiary/aromatic N) is 4. The Labute approximate surface area is 261 Å². The predicted molar refractivity (Wildman–Crippen MR) is 170 cm³/mol. The van der Waals surface area contributed by atoms with Gasteiger partial charge in [-0.15, -0.1) is 0 Å². The average molecular weight is 608 g/mol. The Morgan fingerprint density at radius 1 is 0.909 bits per heavy atom. The molecule has 3 N–H and O–H groups in total. The molecule has 4 amide bonds. The number of carbonyl (C=O) groups is 4. The molecule has 1 aromatic carbocycles. The molecular formula is C33H49N7O4. The Balaban J connectivity index is 1.45. The normalized spacial score (nSPS) is 17.9. The lowest BCUT2D eigenvalue weighted by atomic mass is 9.91. The van der Waals surface area contributed by atoms with Crippen LogP contribution in [0.5, 0.6) is 0 Å². The third kappa shape index (κ3) is 8.90. The molecule has 2 fully saturated rings. The van der Waals surface area contributed by atoms with Gasteiger partial charge in [0.15, 0.2) is 0 Å². The number of piperazine rings is 1. The summed E-state index contributed by atoms with van der Waals surface area (Å²) in [6.45, 7) is 8.58. The maximum absolute atomic E-state index is 13.7. The molecule has 1 aliphatic carbocycles. The van der Waals surface area contributed by atoms with Crippen molar-refractivity contribution in [2.75, 3.05) is 38.5 Å². The van der Waals surface area contributed by atoms with E-state index in [0.717, 1.165) is 57.2 Å². The van der Waals surface area contributed by atoms with Gasteiger partial charge in [-0.2, -0.15) is 5.10 Å². The highest BCUT2D eigenvalue weighted by Crippen LogP contribution is 2.27. The van der Waals surface area contributed by atoms with Crippen LogP contribution in [0.1, 0.15) is 87.8 Å². The Hall–Kier alpha value is -3.73. The minimum absolute atomic E-state index is 0.0150. The SMILES string of the molecule is CCC(=O)NC(Cc1ccc(NC(=O)[C@@H](NC(=O)c2ccnn2C(C)C)C2CCCCCC2)cc1)C(=O)N1CCN(C)CC1. The molecule has 2 heterocycles. The van der Waals surface area contributed by atoms with Crippen molar-refractivity contribution in [2.45, 2.75) is 90.3 Å². The monoisotopic (exact) mass is 607 g/mol. The first-order chi connectivity index (χ1) is 21.2. The number of hydrogen-bond donors (Lipinski definition) is 3. The fourth-order valence-electron chi connectivity index (χ4n) is 6.09. The fraction of sp³-hybridized carbons (Fsp3) is 0.606. The zero-order chi connectivity index (χ0) is 31.6. The second-order valence-electron chi connectivity index (χ2n) is 12.5. The number of likely N-dealkylation sites (N-methyl/N-ethyl adjacent to an activating group) is 1. The van der Waals surface area contributed by atoms with E-state index in [1.54, 1.807) is 23.9 Å². The van der Waals surface area contributed by atoms with Crippen LogP contribution in [0.15, 0.2) is 36.5 Å². The van der Waals surface area contributed by atoms with Crippen LogP contribution in [-0.2, 0) is 20.8 Å². The van der Waals surface area contributed by atoms with Crippen LogP contribution >= 0.6 is 0 Å². The van der Waals surface area contributed by atoms with Gasteiger partial charge >= 0.3 is 0 Å². The molecule has 1 aromatic heterocycles. The van der Waals surface area contributed by atoms with Crippen LogP contribution in [0.2, 0.25) is 0 Å². The summed E-state index contributed by atoms with van der Waals surface area (Å²) < 4.78 is 1.67. The molecule has 0 spiro atoms. The van der Waals surface area contributed by atoms with E-state index in [1.165, 1.54) is 0 Å². The summed E-state index contributed by atoms with van der Waals surface area (Å²) in [5, 5.41) is 13.3. The molecule has 1 saturated carbocycles. The number of amides is 4. The molecule has 1 saturated heterocycles. The van der Waals surface area contributed by atoms with Gasteiger partial charge in [0.25, 0.3) is 5.91 Å². The molecule has 2 atom stereocenters. The second kappa shape index (κ2) is 15.8. The summed E-state index contributed by atoms with van der Waals surface area (Å²) in [7, 11) is 2.04. The number of anilines is 1. The van der Waals surface area contributed by atoms with E-state index < -0.39 is 12.1 Å². The lowest BCUT2D eigenvalue weighted by Crippen LogP contribution is -2.54. The molecule has 1 aliphatic heterocycles. The summed E-state index contributed by atoms with van der Waals surface area (Å²) in [5.74, 6) is -0.741. The first-order valence-corrected chi connectivity index (χ1v) is 16.2. The van der Waals surface area contributed by atoms with Crippen LogP contribution in [0.3, 0.4) is 0 Å². The molecule has 240 valence electrons. The van der Waals surface area contributed by atoms with E-state index in [1.807, 2.05) is 50.1 Å². The Morgan fingerprint density at radius 3 is 2.18 bits per heavy atom. The number of aromatic nitrogens is 2. The second-order valence-corrected chi connectivity index (χ2v) is 12.5. The Kier molecular flexibility index (Phi) is 11.9. The van der Waals surface area contributed by atoms with Crippen LogP contribution in [-0.4, -0.2) is 88.5 Å². The van der Waals surface area contributed by atoms with Crippen molar-refractivity contribution in [3.8, 4) is 0 Å². The van der Waals surface area contributed by atoms with E-state index in [9.17, 15) is 19.2 Å². The summed E-state index contributed by atoms with van der Waals surface area (Å²) in [6, 6.07) is 7.74. The van der Waals surface area contributed by atoms with E-state index in [-0.39, 0.29) is 35.6 Å². The molecule has 11 heteroatoms. The van der Waals surface area contributed by atoms with Gasteiger partial charge < -0.3 is 25.8 Å². The van der Waals surface area contributed by atoms with Crippen molar-refractivity contribution in [1.29, 1.82) is 0 Å². The maximum Gasteiger partial charge on any atom is 0.270 e. The lowest BCUT2D eigenvalue weighted by molar-refractivity contribution is -0.137. The summed E-state index contributed by atoms with van der Waals surface area (Å²) in [5.41, 5.74) is 1.92. The number of benzene rings is 1. The molecule has 4 rings (SSSR count). The van der Waals surface area contributed by atoms with Gasteiger partial charge in [0, 0.05) is 56.9 Å². The van der Waals surface area contributed by atoms with Crippen molar-refractivity contribution < 1.29 is 19.2 Å². The largest absolute Gasteiger partial charge is 0.344 e. The summed E-state index contributed by atoms with van der Waals surface area (Å²) >= 11 is 0. The number of nitrogens with one attached hydrogen (secondary N) is 3. The van der Waals surface area contributed by atoms with Crippen molar-refractivity contribution in [3.63, 3.8) is 0 Å². The van der Waals surface area contributed by atoms with Gasteiger partial charge in [0.2, 0.25) is 17.7 Å².